The summed E-state index contributed by atoms with van der Waals surface area (Å²) in [7, 11) is 0. The molecule has 2 aromatic heterocycles. The molecule has 2 heterocycles. The molecule has 26 heavy (non-hydrogen) atoms. The first kappa shape index (κ1) is 17.5. The van der Waals surface area contributed by atoms with E-state index in [0.29, 0.717) is 17.3 Å². The Morgan fingerprint density at radius 2 is 2.08 bits per heavy atom. The molecule has 0 bridgehead atoms. The first-order valence-corrected chi connectivity index (χ1v) is 8.21. The molecule has 1 atom stereocenters. The van der Waals surface area contributed by atoms with Crippen molar-refractivity contribution in [3.05, 3.63) is 64.3 Å². The minimum Gasteiger partial charge on any atom is -0.373 e. The monoisotopic (exact) mass is 353 g/mol. The van der Waals surface area contributed by atoms with Crippen LogP contribution in [0, 0.1) is 23.0 Å². The second-order valence-electron chi connectivity index (χ2n) is 6.32. The summed E-state index contributed by atoms with van der Waals surface area (Å²) in [5.74, 6) is 1.09. The molecule has 1 unspecified atom stereocenters. The largest absolute Gasteiger partial charge is 0.373 e. The molecule has 0 spiro atoms. The second kappa shape index (κ2) is 7.30. The fourth-order valence-corrected chi connectivity index (χ4v) is 2.62. The average Bonchev–Trinajstić information content (AvgIpc) is 3.09. The molecule has 0 amide bonds. The Balaban J connectivity index is 1.85. The van der Waals surface area contributed by atoms with Crippen LogP contribution in [0.2, 0.25) is 0 Å². The zero-order valence-electron chi connectivity index (χ0n) is 14.7. The third kappa shape index (κ3) is 3.69. The highest BCUT2D eigenvalue weighted by Crippen LogP contribution is 2.29. The fraction of sp³-hybridized carbons (Fsp3) is 0.278. The van der Waals surface area contributed by atoms with Gasteiger partial charge in [0.15, 0.2) is 0 Å². The van der Waals surface area contributed by atoms with Crippen LogP contribution in [0.5, 0.6) is 0 Å². The quantitative estimate of drug-likeness (QED) is 0.524. The fourth-order valence-electron chi connectivity index (χ4n) is 2.62. The molecule has 1 N–H and O–H groups in total. The third-order valence-electron chi connectivity index (χ3n) is 4.01. The van der Waals surface area contributed by atoms with Crippen molar-refractivity contribution in [3.8, 4) is 11.4 Å². The number of nitrogens with zero attached hydrogens (tertiary/aromatic N) is 4. The predicted molar refractivity (Wildman–Crippen MR) is 96.6 cm³/mol. The van der Waals surface area contributed by atoms with E-state index >= 15 is 0 Å². The molecule has 0 aliphatic heterocycles. The van der Waals surface area contributed by atoms with Gasteiger partial charge in [-0.3, -0.25) is 15.1 Å². The Morgan fingerprint density at radius 3 is 2.69 bits per heavy atom. The molecule has 3 aromatic rings. The van der Waals surface area contributed by atoms with Gasteiger partial charge in [-0.2, -0.15) is 4.98 Å². The predicted octanol–water partition coefficient (Wildman–Crippen LogP) is 4.16. The Morgan fingerprint density at radius 1 is 1.27 bits per heavy atom. The number of nitro benzene ring substituents is 1. The maximum Gasteiger partial charge on any atom is 0.272 e. The molecular formula is C18H19N5O3. The summed E-state index contributed by atoms with van der Waals surface area (Å²) in [6, 6.07) is 8.35. The summed E-state index contributed by atoms with van der Waals surface area (Å²) in [5.41, 5.74) is 2.21. The van der Waals surface area contributed by atoms with Crippen molar-refractivity contribution in [3.63, 3.8) is 0 Å². The lowest BCUT2D eigenvalue weighted by atomic mass is 10.0. The molecule has 0 saturated carbocycles. The lowest BCUT2D eigenvalue weighted by molar-refractivity contribution is -0.385. The van der Waals surface area contributed by atoms with Gasteiger partial charge in [-0.15, -0.1) is 0 Å². The number of rotatable bonds is 6. The van der Waals surface area contributed by atoms with Crippen molar-refractivity contribution in [1.82, 2.24) is 15.1 Å². The number of aryl methyl sites for hydroxylation is 1. The van der Waals surface area contributed by atoms with Gasteiger partial charge < -0.3 is 9.84 Å². The van der Waals surface area contributed by atoms with E-state index in [4.69, 9.17) is 4.52 Å². The smallest absolute Gasteiger partial charge is 0.272 e. The van der Waals surface area contributed by atoms with E-state index in [1.165, 1.54) is 6.07 Å². The maximum atomic E-state index is 11.0. The van der Waals surface area contributed by atoms with Crippen LogP contribution < -0.4 is 5.32 Å². The van der Waals surface area contributed by atoms with Gasteiger partial charge in [-0.25, -0.2) is 0 Å². The van der Waals surface area contributed by atoms with Crippen molar-refractivity contribution < 1.29 is 9.45 Å². The Bertz CT molecular complexity index is 908. The minimum atomic E-state index is -0.392. The van der Waals surface area contributed by atoms with Crippen LogP contribution in [0.3, 0.4) is 0 Å². The Labute approximate surface area is 150 Å². The third-order valence-corrected chi connectivity index (χ3v) is 4.01. The zero-order valence-corrected chi connectivity index (χ0v) is 14.7. The molecule has 8 nitrogen and oxygen atoms in total. The molecule has 134 valence electrons. The number of anilines is 1. The van der Waals surface area contributed by atoms with Gasteiger partial charge >= 0.3 is 0 Å². The van der Waals surface area contributed by atoms with Crippen LogP contribution in [-0.4, -0.2) is 20.0 Å². The van der Waals surface area contributed by atoms with Crippen LogP contribution in [-0.2, 0) is 0 Å². The number of hydrogen-bond acceptors (Lipinski definition) is 7. The van der Waals surface area contributed by atoms with Crippen LogP contribution in [0.15, 0.2) is 47.2 Å². The normalized spacial score (nSPS) is 12.2. The van der Waals surface area contributed by atoms with E-state index in [-0.39, 0.29) is 17.6 Å². The first-order valence-electron chi connectivity index (χ1n) is 8.21. The van der Waals surface area contributed by atoms with Gasteiger partial charge in [0.05, 0.1) is 4.92 Å². The highest BCUT2D eigenvalue weighted by atomic mass is 16.6. The van der Waals surface area contributed by atoms with Crippen LogP contribution >= 0.6 is 0 Å². The van der Waals surface area contributed by atoms with E-state index in [0.717, 1.165) is 11.3 Å². The van der Waals surface area contributed by atoms with Crippen molar-refractivity contribution in [1.29, 1.82) is 0 Å². The first-order chi connectivity index (χ1) is 12.5. The lowest BCUT2D eigenvalue weighted by Crippen LogP contribution is -2.17. The Kier molecular flexibility index (Phi) is 4.92. The average molecular weight is 353 g/mol. The number of hydrogen-bond donors (Lipinski definition) is 1. The molecule has 0 radical (unpaired) electrons. The van der Waals surface area contributed by atoms with E-state index in [1.54, 1.807) is 31.5 Å². The Hall–Kier alpha value is -3.29. The molecule has 0 fully saturated rings. The minimum absolute atomic E-state index is 0.0910. The van der Waals surface area contributed by atoms with Crippen molar-refractivity contribution in [2.75, 3.05) is 5.32 Å². The lowest BCUT2D eigenvalue weighted by Gasteiger charge is -2.20. The number of benzene rings is 1. The van der Waals surface area contributed by atoms with Crippen LogP contribution in [0.25, 0.3) is 11.4 Å². The molecule has 8 heteroatoms. The number of pyridine rings is 1. The highest BCUT2D eigenvalue weighted by molar-refractivity contribution is 5.55. The summed E-state index contributed by atoms with van der Waals surface area (Å²) >= 11 is 0. The van der Waals surface area contributed by atoms with E-state index < -0.39 is 4.92 Å². The molecule has 1 aromatic carbocycles. The topological polar surface area (TPSA) is 107 Å². The summed E-state index contributed by atoms with van der Waals surface area (Å²) in [4.78, 5) is 19.1. The van der Waals surface area contributed by atoms with Crippen molar-refractivity contribution in [2.24, 2.45) is 5.92 Å². The number of aromatic nitrogens is 3. The second-order valence-corrected chi connectivity index (χ2v) is 6.32. The number of nitro groups is 1. The van der Waals surface area contributed by atoms with Gasteiger partial charge in [-0.1, -0.05) is 19.0 Å². The molecular weight excluding hydrogens is 334 g/mol. The van der Waals surface area contributed by atoms with Gasteiger partial charge in [0.2, 0.25) is 11.7 Å². The van der Waals surface area contributed by atoms with Crippen LogP contribution in [0.1, 0.15) is 31.3 Å². The summed E-state index contributed by atoms with van der Waals surface area (Å²) < 4.78 is 5.45. The SMILES string of the molecule is Cc1cc(NC(c2nc(-c3cccnc3)no2)C(C)C)ccc1[N+](=O)[O-]. The summed E-state index contributed by atoms with van der Waals surface area (Å²) in [6.45, 7) is 5.77. The van der Waals surface area contributed by atoms with Gasteiger partial charge in [0.25, 0.3) is 5.69 Å². The standard InChI is InChI=1S/C18H19N5O3/c1-11(2)16(20-14-6-7-15(23(24)25)12(3)9-14)18-21-17(22-26-18)13-5-4-8-19-10-13/h4-11,16,20H,1-3H3. The number of nitrogens with one attached hydrogen (secondary N) is 1. The zero-order chi connectivity index (χ0) is 18.7. The molecule has 0 aliphatic rings. The van der Waals surface area contributed by atoms with Gasteiger partial charge in [0, 0.05) is 35.3 Å². The summed E-state index contributed by atoms with van der Waals surface area (Å²) in [6.07, 6.45) is 3.35. The van der Waals surface area contributed by atoms with E-state index in [1.807, 2.05) is 26.0 Å². The molecule has 0 saturated heterocycles. The summed E-state index contributed by atoms with van der Waals surface area (Å²) in [5, 5.41) is 18.3. The molecule has 0 aliphatic carbocycles. The van der Waals surface area contributed by atoms with E-state index in [9.17, 15) is 10.1 Å². The van der Waals surface area contributed by atoms with Crippen molar-refractivity contribution in [2.45, 2.75) is 26.8 Å². The van der Waals surface area contributed by atoms with Gasteiger partial charge in [0.1, 0.15) is 6.04 Å². The van der Waals surface area contributed by atoms with Crippen molar-refractivity contribution >= 4 is 11.4 Å². The van der Waals surface area contributed by atoms with E-state index in [2.05, 4.69) is 20.4 Å². The van der Waals surface area contributed by atoms with Gasteiger partial charge in [-0.05, 0) is 37.1 Å². The maximum absolute atomic E-state index is 11.0. The molecule has 3 rings (SSSR count). The van der Waals surface area contributed by atoms with Crippen LogP contribution in [0.4, 0.5) is 11.4 Å². The highest BCUT2D eigenvalue weighted by Gasteiger charge is 2.23.